The lowest BCUT2D eigenvalue weighted by molar-refractivity contribution is 0.0593. The standard InChI is InChI=1S/C21H21N3O2S/c1-15-5-2-3-6-18(15)26-17-8-10-24(11-9-17)21(25)16-13-22-20(23-14-16)19-7-4-12-27-19/h2-7,12-14,17H,8-11H2,1H3. The minimum absolute atomic E-state index is 0.0120. The molecule has 1 aromatic carbocycles. The predicted octanol–water partition coefficient (Wildman–Crippen LogP) is 4.20. The Morgan fingerprint density at radius 3 is 2.52 bits per heavy atom. The highest BCUT2D eigenvalue weighted by atomic mass is 32.1. The SMILES string of the molecule is Cc1ccccc1OC1CCN(C(=O)c2cnc(-c3cccs3)nc2)CC1. The van der Waals surface area contributed by atoms with Gasteiger partial charge >= 0.3 is 0 Å². The number of aryl methyl sites for hydroxylation is 1. The molecule has 0 spiro atoms. The van der Waals surface area contributed by atoms with Gasteiger partial charge in [-0.15, -0.1) is 11.3 Å². The topological polar surface area (TPSA) is 55.3 Å². The van der Waals surface area contributed by atoms with Crippen molar-refractivity contribution < 1.29 is 9.53 Å². The maximum absolute atomic E-state index is 12.7. The van der Waals surface area contributed by atoms with Crippen molar-refractivity contribution >= 4 is 17.2 Å². The number of ether oxygens (including phenoxy) is 1. The molecule has 3 heterocycles. The first-order valence-electron chi connectivity index (χ1n) is 9.08. The largest absolute Gasteiger partial charge is 0.490 e. The van der Waals surface area contributed by atoms with Crippen LogP contribution in [0.15, 0.2) is 54.2 Å². The summed E-state index contributed by atoms with van der Waals surface area (Å²) in [6.07, 6.45) is 5.05. The van der Waals surface area contributed by atoms with Crippen molar-refractivity contribution in [1.82, 2.24) is 14.9 Å². The molecule has 0 bridgehead atoms. The van der Waals surface area contributed by atoms with Gasteiger partial charge in [-0.25, -0.2) is 9.97 Å². The molecule has 0 N–H and O–H groups in total. The van der Waals surface area contributed by atoms with Gasteiger partial charge in [0.2, 0.25) is 0 Å². The van der Waals surface area contributed by atoms with E-state index >= 15 is 0 Å². The number of carbonyl (C=O) groups is 1. The van der Waals surface area contributed by atoms with Gasteiger partial charge in [-0.2, -0.15) is 0 Å². The maximum Gasteiger partial charge on any atom is 0.256 e. The number of piperidine rings is 1. The fraction of sp³-hybridized carbons (Fsp3) is 0.286. The summed E-state index contributed by atoms with van der Waals surface area (Å²) in [4.78, 5) is 24.3. The lowest BCUT2D eigenvalue weighted by Crippen LogP contribution is -2.41. The molecule has 138 valence electrons. The second kappa shape index (κ2) is 7.88. The maximum atomic E-state index is 12.7. The average molecular weight is 379 g/mol. The van der Waals surface area contributed by atoms with Gasteiger partial charge in [0.1, 0.15) is 11.9 Å². The second-order valence-corrected chi connectivity index (χ2v) is 7.60. The molecule has 1 aliphatic rings. The van der Waals surface area contributed by atoms with Crippen molar-refractivity contribution in [2.45, 2.75) is 25.9 Å². The molecule has 2 aromatic heterocycles. The van der Waals surface area contributed by atoms with Crippen LogP contribution in [0.2, 0.25) is 0 Å². The molecule has 0 atom stereocenters. The van der Waals surface area contributed by atoms with Crippen LogP contribution in [0.1, 0.15) is 28.8 Å². The molecule has 1 amide bonds. The molecule has 0 unspecified atom stereocenters. The summed E-state index contributed by atoms with van der Waals surface area (Å²) in [5.41, 5.74) is 1.67. The Bertz CT molecular complexity index is 901. The van der Waals surface area contributed by atoms with Gasteiger partial charge in [-0.1, -0.05) is 24.3 Å². The molecule has 5 nitrogen and oxygen atoms in total. The molecular weight excluding hydrogens is 358 g/mol. The number of carbonyl (C=O) groups excluding carboxylic acids is 1. The van der Waals surface area contributed by atoms with E-state index in [0.717, 1.165) is 29.0 Å². The average Bonchev–Trinajstić information content (AvgIpc) is 3.25. The fourth-order valence-electron chi connectivity index (χ4n) is 3.20. The van der Waals surface area contributed by atoms with Gasteiger partial charge in [0.15, 0.2) is 5.82 Å². The Hall–Kier alpha value is -2.73. The van der Waals surface area contributed by atoms with Crippen molar-refractivity contribution in [3.63, 3.8) is 0 Å². The van der Waals surface area contributed by atoms with E-state index in [2.05, 4.69) is 9.97 Å². The number of aromatic nitrogens is 2. The molecule has 1 fully saturated rings. The molecule has 1 aliphatic heterocycles. The fourth-order valence-corrected chi connectivity index (χ4v) is 3.87. The Kier molecular flexibility index (Phi) is 5.16. The summed E-state index contributed by atoms with van der Waals surface area (Å²) in [5, 5.41) is 1.99. The van der Waals surface area contributed by atoms with E-state index < -0.39 is 0 Å². The Morgan fingerprint density at radius 1 is 1.11 bits per heavy atom. The lowest BCUT2D eigenvalue weighted by atomic mass is 10.1. The highest BCUT2D eigenvalue weighted by Crippen LogP contribution is 2.24. The third-order valence-corrected chi connectivity index (χ3v) is 5.62. The molecule has 0 aliphatic carbocycles. The van der Waals surface area contributed by atoms with E-state index in [9.17, 15) is 4.79 Å². The van der Waals surface area contributed by atoms with E-state index in [1.165, 1.54) is 0 Å². The number of rotatable bonds is 4. The number of amides is 1. The van der Waals surface area contributed by atoms with Crippen LogP contribution in [0.4, 0.5) is 0 Å². The lowest BCUT2D eigenvalue weighted by Gasteiger charge is -2.32. The third kappa shape index (κ3) is 4.01. The number of hydrogen-bond donors (Lipinski definition) is 0. The molecule has 0 saturated carbocycles. The van der Waals surface area contributed by atoms with Crippen molar-refractivity contribution in [3.05, 3.63) is 65.3 Å². The number of thiophene rings is 1. The normalized spacial score (nSPS) is 14.9. The van der Waals surface area contributed by atoms with Crippen LogP contribution in [0.3, 0.4) is 0 Å². The minimum Gasteiger partial charge on any atom is -0.490 e. The third-order valence-electron chi connectivity index (χ3n) is 4.76. The molecule has 27 heavy (non-hydrogen) atoms. The quantitative estimate of drug-likeness (QED) is 0.682. The van der Waals surface area contributed by atoms with E-state index in [-0.39, 0.29) is 12.0 Å². The Balaban J connectivity index is 1.35. The first kappa shape index (κ1) is 17.7. The number of nitrogens with zero attached hydrogens (tertiary/aromatic N) is 3. The van der Waals surface area contributed by atoms with Crippen LogP contribution >= 0.6 is 11.3 Å². The summed E-state index contributed by atoms with van der Waals surface area (Å²) in [6.45, 7) is 3.41. The minimum atomic E-state index is -0.0120. The molecule has 1 saturated heterocycles. The van der Waals surface area contributed by atoms with Gasteiger partial charge in [0.05, 0.1) is 10.4 Å². The summed E-state index contributed by atoms with van der Waals surface area (Å²) in [6, 6.07) is 12.0. The molecule has 6 heteroatoms. The Morgan fingerprint density at radius 2 is 1.85 bits per heavy atom. The first-order chi connectivity index (χ1) is 13.2. The number of para-hydroxylation sites is 1. The van der Waals surface area contributed by atoms with E-state index in [0.29, 0.717) is 24.5 Å². The van der Waals surface area contributed by atoms with Crippen LogP contribution in [-0.2, 0) is 0 Å². The molecular formula is C21H21N3O2S. The van der Waals surface area contributed by atoms with Crippen molar-refractivity contribution in [1.29, 1.82) is 0 Å². The zero-order valence-corrected chi connectivity index (χ0v) is 16.0. The molecule has 3 aromatic rings. The van der Waals surface area contributed by atoms with E-state index in [1.807, 2.05) is 53.6 Å². The summed E-state index contributed by atoms with van der Waals surface area (Å²) in [7, 11) is 0. The summed E-state index contributed by atoms with van der Waals surface area (Å²) in [5.74, 6) is 1.58. The molecule has 0 radical (unpaired) electrons. The monoisotopic (exact) mass is 379 g/mol. The van der Waals surface area contributed by atoms with E-state index in [4.69, 9.17) is 4.74 Å². The number of hydrogen-bond acceptors (Lipinski definition) is 5. The van der Waals surface area contributed by atoms with Crippen LogP contribution in [0.25, 0.3) is 10.7 Å². The van der Waals surface area contributed by atoms with Crippen molar-refractivity contribution in [3.8, 4) is 16.5 Å². The van der Waals surface area contributed by atoms with E-state index in [1.54, 1.807) is 23.7 Å². The predicted molar refractivity (Wildman–Crippen MR) is 106 cm³/mol. The van der Waals surface area contributed by atoms with Gasteiger partial charge in [0.25, 0.3) is 5.91 Å². The van der Waals surface area contributed by atoms with Gasteiger partial charge in [0, 0.05) is 38.3 Å². The Labute approximate surface area is 162 Å². The molecule has 4 rings (SSSR count). The summed E-state index contributed by atoms with van der Waals surface area (Å²) < 4.78 is 6.12. The number of benzene rings is 1. The highest BCUT2D eigenvalue weighted by molar-refractivity contribution is 7.13. The van der Waals surface area contributed by atoms with Crippen molar-refractivity contribution in [2.24, 2.45) is 0 Å². The first-order valence-corrected chi connectivity index (χ1v) is 9.96. The summed E-state index contributed by atoms with van der Waals surface area (Å²) >= 11 is 1.59. The number of likely N-dealkylation sites (tertiary alicyclic amines) is 1. The second-order valence-electron chi connectivity index (χ2n) is 6.65. The van der Waals surface area contributed by atoms with Crippen LogP contribution in [0.5, 0.6) is 5.75 Å². The zero-order chi connectivity index (χ0) is 18.6. The van der Waals surface area contributed by atoms with Gasteiger partial charge in [-0.3, -0.25) is 4.79 Å². The van der Waals surface area contributed by atoms with Crippen LogP contribution in [-0.4, -0.2) is 40.0 Å². The highest BCUT2D eigenvalue weighted by Gasteiger charge is 2.25. The van der Waals surface area contributed by atoms with Gasteiger partial charge < -0.3 is 9.64 Å². The zero-order valence-electron chi connectivity index (χ0n) is 15.2. The van der Waals surface area contributed by atoms with Gasteiger partial charge in [-0.05, 0) is 30.0 Å². The van der Waals surface area contributed by atoms with Crippen LogP contribution < -0.4 is 4.74 Å². The van der Waals surface area contributed by atoms with Crippen LogP contribution in [0, 0.1) is 6.92 Å². The van der Waals surface area contributed by atoms with Crippen molar-refractivity contribution in [2.75, 3.05) is 13.1 Å². The smallest absolute Gasteiger partial charge is 0.256 e.